The molecule has 1 aliphatic heterocycles. The largest absolute Gasteiger partial charge is 0.384 e. The Morgan fingerprint density at radius 2 is 2.00 bits per heavy atom. The summed E-state index contributed by atoms with van der Waals surface area (Å²) in [5, 5.41) is 18.0. The fraction of sp³-hybridized carbons (Fsp3) is 0.320. The zero-order chi connectivity index (χ0) is 23.2. The van der Waals surface area contributed by atoms with Gasteiger partial charge in [0.05, 0.1) is 6.20 Å². The van der Waals surface area contributed by atoms with Crippen LogP contribution in [0.25, 0.3) is 11.1 Å². The maximum Gasteiger partial charge on any atom is 0.222 e. The molecule has 6 nitrogen and oxygen atoms in total. The Hall–Kier alpha value is -3.55. The summed E-state index contributed by atoms with van der Waals surface area (Å²) in [6.07, 6.45) is 7.18. The second-order valence-corrected chi connectivity index (χ2v) is 8.37. The normalized spacial score (nSPS) is 14.3. The number of aryl methyl sites for hydroxylation is 1. The fourth-order valence-corrected chi connectivity index (χ4v) is 4.20. The zero-order valence-electron chi connectivity index (χ0n) is 18.3. The number of likely N-dealkylation sites (tertiary alicyclic amines) is 1. The van der Waals surface area contributed by atoms with Gasteiger partial charge in [-0.3, -0.25) is 9.89 Å². The molecule has 8 heteroatoms. The third-order valence-electron chi connectivity index (χ3n) is 6.21. The summed E-state index contributed by atoms with van der Waals surface area (Å²) in [6, 6.07) is 9.43. The minimum Gasteiger partial charge on any atom is -0.384 e. The highest BCUT2D eigenvalue weighted by Gasteiger charge is 2.23. The van der Waals surface area contributed by atoms with Crippen molar-refractivity contribution in [3.05, 3.63) is 71.6 Å². The standard InChI is InChI=1S/C25H27F2N5O/c26-22-4-1-18(23(27)12-22)3-6-25(33)32-9-7-17(8-10-32)14-29-24-5-2-19(11-20(24)13-28)21-15-30-31-16-21/h1-2,4-5,11-13,15-17,28-29H,3,6-10,14H2,(H,30,31). The van der Waals surface area contributed by atoms with E-state index in [-0.39, 0.29) is 18.7 Å². The van der Waals surface area contributed by atoms with E-state index in [0.717, 1.165) is 47.8 Å². The summed E-state index contributed by atoms with van der Waals surface area (Å²) < 4.78 is 26.8. The minimum absolute atomic E-state index is 0.00561. The molecular weight excluding hydrogens is 424 g/mol. The molecule has 1 saturated heterocycles. The number of carbonyl (C=O) groups is 1. The van der Waals surface area contributed by atoms with Gasteiger partial charge in [0.25, 0.3) is 0 Å². The number of aromatic nitrogens is 2. The lowest BCUT2D eigenvalue weighted by atomic mass is 9.96. The van der Waals surface area contributed by atoms with Gasteiger partial charge < -0.3 is 15.6 Å². The molecule has 0 aliphatic carbocycles. The average Bonchev–Trinajstić information content (AvgIpc) is 3.37. The molecule has 33 heavy (non-hydrogen) atoms. The first-order valence-corrected chi connectivity index (χ1v) is 11.1. The summed E-state index contributed by atoms with van der Waals surface area (Å²) in [4.78, 5) is 14.4. The highest BCUT2D eigenvalue weighted by molar-refractivity contribution is 5.88. The Morgan fingerprint density at radius 1 is 1.18 bits per heavy atom. The van der Waals surface area contributed by atoms with E-state index in [0.29, 0.717) is 24.6 Å². The molecule has 1 aromatic heterocycles. The number of halogens is 2. The molecular formula is C25H27F2N5O. The minimum atomic E-state index is -0.611. The highest BCUT2D eigenvalue weighted by Crippen LogP contribution is 2.25. The Kier molecular flexibility index (Phi) is 7.12. The molecule has 0 bridgehead atoms. The van der Waals surface area contributed by atoms with Gasteiger partial charge in [0.2, 0.25) is 5.91 Å². The van der Waals surface area contributed by atoms with Crippen molar-refractivity contribution in [2.24, 2.45) is 5.92 Å². The Morgan fingerprint density at radius 3 is 2.70 bits per heavy atom. The lowest BCUT2D eigenvalue weighted by molar-refractivity contribution is -0.132. The molecule has 2 aromatic carbocycles. The Balaban J connectivity index is 1.25. The van der Waals surface area contributed by atoms with Crippen LogP contribution in [-0.4, -0.2) is 46.9 Å². The molecule has 1 aliphatic rings. The van der Waals surface area contributed by atoms with Gasteiger partial charge in [-0.25, -0.2) is 8.78 Å². The number of H-pyrrole nitrogens is 1. The Bertz CT molecular complexity index is 1110. The van der Waals surface area contributed by atoms with E-state index in [1.165, 1.54) is 18.3 Å². The van der Waals surface area contributed by atoms with Crippen molar-refractivity contribution in [2.75, 3.05) is 25.0 Å². The van der Waals surface area contributed by atoms with E-state index in [1.807, 2.05) is 29.3 Å². The lowest BCUT2D eigenvalue weighted by Crippen LogP contribution is -2.40. The van der Waals surface area contributed by atoms with Crippen LogP contribution in [-0.2, 0) is 11.2 Å². The number of nitrogens with one attached hydrogen (secondary N) is 3. The van der Waals surface area contributed by atoms with Gasteiger partial charge in [-0.1, -0.05) is 12.1 Å². The van der Waals surface area contributed by atoms with Crippen LogP contribution in [0.15, 0.2) is 48.8 Å². The monoisotopic (exact) mass is 451 g/mol. The van der Waals surface area contributed by atoms with Crippen molar-refractivity contribution in [2.45, 2.75) is 25.7 Å². The smallest absolute Gasteiger partial charge is 0.222 e. The van der Waals surface area contributed by atoms with Gasteiger partial charge in [-0.15, -0.1) is 0 Å². The number of hydrogen-bond acceptors (Lipinski definition) is 4. The average molecular weight is 452 g/mol. The number of hydrogen-bond donors (Lipinski definition) is 3. The lowest BCUT2D eigenvalue weighted by Gasteiger charge is -2.32. The second-order valence-electron chi connectivity index (χ2n) is 8.37. The van der Waals surface area contributed by atoms with Gasteiger partial charge in [-0.2, -0.15) is 5.10 Å². The molecule has 3 N–H and O–H groups in total. The van der Waals surface area contributed by atoms with Gasteiger partial charge in [0.1, 0.15) is 11.6 Å². The molecule has 172 valence electrons. The molecule has 0 unspecified atom stereocenters. The van der Waals surface area contributed by atoms with Gasteiger partial charge in [0, 0.05) is 61.3 Å². The molecule has 3 aromatic rings. The van der Waals surface area contributed by atoms with Crippen LogP contribution < -0.4 is 5.32 Å². The predicted octanol–water partition coefficient (Wildman–Crippen LogP) is 4.64. The van der Waals surface area contributed by atoms with E-state index in [1.54, 1.807) is 6.20 Å². The van der Waals surface area contributed by atoms with E-state index in [2.05, 4.69) is 15.5 Å². The topological polar surface area (TPSA) is 84.9 Å². The van der Waals surface area contributed by atoms with Crippen LogP contribution in [0.5, 0.6) is 0 Å². The van der Waals surface area contributed by atoms with Gasteiger partial charge in [-0.05, 0) is 54.5 Å². The molecule has 2 heterocycles. The molecule has 0 saturated carbocycles. The number of aromatic amines is 1. The van der Waals surface area contributed by atoms with Crippen LogP contribution in [0.2, 0.25) is 0 Å². The summed E-state index contributed by atoms with van der Waals surface area (Å²) in [5.74, 6) is -0.781. The second kappa shape index (κ2) is 10.4. The van der Waals surface area contributed by atoms with Crippen molar-refractivity contribution in [3.63, 3.8) is 0 Å². The summed E-state index contributed by atoms with van der Waals surface area (Å²) in [5.41, 5.74) is 4.07. The third-order valence-corrected chi connectivity index (χ3v) is 6.21. The molecule has 4 rings (SSSR count). The highest BCUT2D eigenvalue weighted by atomic mass is 19.1. The SMILES string of the molecule is N=Cc1cc(-c2cn[nH]c2)ccc1NCC1CCN(C(=O)CCc2ccc(F)cc2F)CC1. The Labute approximate surface area is 191 Å². The van der Waals surface area contributed by atoms with Gasteiger partial charge >= 0.3 is 0 Å². The maximum absolute atomic E-state index is 13.8. The number of anilines is 1. The number of rotatable bonds is 8. The van der Waals surface area contributed by atoms with Gasteiger partial charge in [0.15, 0.2) is 0 Å². The number of carbonyl (C=O) groups excluding carboxylic acids is 1. The van der Waals surface area contributed by atoms with Crippen molar-refractivity contribution >= 4 is 17.8 Å². The number of benzene rings is 2. The number of amides is 1. The third kappa shape index (κ3) is 5.63. The van der Waals surface area contributed by atoms with Crippen LogP contribution in [0, 0.1) is 23.0 Å². The molecule has 1 fully saturated rings. The first-order valence-electron chi connectivity index (χ1n) is 11.1. The quantitative estimate of drug-likeness (QED) is 0.437. The van der Waals surface area contributed by atoms with Crippen LogP contribution in [0.4, 0.5) is 14.5 Å². The fourth-order valence-electron chi connectivity index (χ4n) is 4.20. The first-order chi connectivity index (χ1) is 16.0. The van der Waals surface area contributed by atoms with E-state index in [4.69, 9.17) is 5.41 Å². The summed E-state index contributed by atoms with van der Waals surface area (Å²) >= 11 is 0. The van der Waals surface area contributed by atoms with Crippen LogP contribution in [0.1, 0.15) is 30.4 Å². The number of piperidine rings is 1. The van der Waals surface area contributed by atoms with E-state index < -0.39 is 11.6 Å². The molecule has 0 atom stereocenters. The van der Waals surface area contributed by atoms with Crippen LogP contribution in [0.3, 0.4) is 0 Å². The van der Waals surface area contributed by atoms with Crippen molar-refractivity contribution in [1.82, 2.24) is 15.1 Å². The first kappa shape index (κ1) is 22.6. The predicted molar refractivity (Wildman–Crippen MR) is 124 cm³/mol. The molecule has 1 amide bonds. The maximum atomic E-state index is 13.8. The van der Waals surface area contributed by atoms with Crippen molar-refractivity contribution in [1.29, 1.82) is 5.41 Å². The van der Waals surface area contributed by atoms with E-state index in [9.17, 15) is 13.6 Å². The van der Waals surface area contributed by atoms with Crippen molar-refractivity contribution in [3.8, 4) is 11.1 Å². The summed E-state index contributed by atoms with van der Waals surface area (Å²) in [6.45, 7) is 2.12. The van der Waals surface area contributed by atoms with Crippen LogP contribution >= 0.6 is 0 Å². The van der Waals surface area contributed by atoms with E-state index >= 15 is 0 Å². The zero-order valence-corrected chi connectivity index (χ0v) is 18.3. The molecule has 0 radical (unpaired) electrons. The number of nitrogens with zero attached hydrogens (tertiary/aromatic N) is 2. The van der Waals surface area contributed by atoms with Crippen molar-refractivity contribution < 1.29 is 13.6 Å². The molecule has 0 spiro atoms. The summed E-state index contributed by atoms with van der Waals surface area (Å²) in [7, 11) is 0.